The Kier molecular flexibility index (Phi) is 19.7. The van der Waals surface area contributed by atoms with Crippen LogP contribution in [0.3, 0.4) is 0 Å². The number of nitrogens with zero attached hydrogens (tertiary/aromatic N) is 12. The summed E-state index contributed by atoms with van der Waals surface area (Å²) in [6.07, 6.45) is 19.0. The van der Waals surface area contributed by atoms with Crippen LogP contribution in [0.15, 0.2) is 438 Å². The molecule has 0 radical (unpaired) electrons. The Morgan fingerprint density at radius 1 is 0.197 bits per heavy atom. The smallest absolute Gasteiger partial charge is 0.164 e. The summed E-state index contributed by atoms with van der Waals surface area (Å²) in [5.74, 6) is 1.90. The molecule has 9 heterocycles. The molecule has 17 aromatic carbocycles. The molecule has 12 heteroatoms. The average molecular weight is 1750 g/mol. The van der Waals surface area contributed by atoms with Gasteiger partial charge in [0.1, 0.15) is 0 Å². The third-order valence-corrected chi connectivity index (χ3v) is 27.2. The predicted octanol–water partition coefficient (Wildman–Crippen LogP) is 31.1. The van der Waals surface area contributed by atoms with Crippen molar-refractivity contribution in [3.8, 4) is 130 Å². The van der Waals surface area contributed by atoms with Gasteiger partial charge in [-0.1, -0.05) is 317 Å². The molecule has 0 saturated carbocycles. The lowest BCUT2D eigenvalue weighted by Crippen LogP contribution is -2.15. The zero-order valence-corrected chi connectivity index (χ0v) is 74.4. The minimum Gasteiger partial charge on any atom is -0.264 e. The van der Waals surface area contributed by atoms with Gasteiger partial charge in [-0.15, -0.1) is 0 Å². The summed E-state index contributed by atoms with van der Waals surface area (Å²) in [4.78, 5) is 53.4. The molecule has 9 aromatic heterocycles. The molecule has 638 valence electrons. The highest BCUT2D eigenvalue weighted by Gasteiger charge is 2.36. The molecule has 0 atom stereocenters. The molecule has 0 amide bonds. The van der Waals surface area contributed by atoms with Gasteiger partial charge in [0.2, 0.25) is 0 Å². The molecule has 0 bridgehead atoms. The standard InChI is InChI=1S/C42H26N4.C42H27N3.C41H25N5/c1-3-11-36-34(9-1)35-10-2-4-12-37(35)42-40(36)39-26-45-20-17-38(39)41(46-42)28-15-13-27(14-16-28)31-21-32(29-7-5-18-43-24-29)23-33(22-31)30-8-6-19-44-25-30;1-42(2)37-20-25(23-43)14-16-31(37)32-17-15-27(22-38(32)42)26-8-7-9-28(21-26)40-35-18-19-44-24-36(35)39-33-12-5-3-10-29(33)30-11-4-6-13-34(30)41(39)45-40;1-3-11-27(12-4-1)39-44-40(28-13-5-2-6-14-28)46-41(45-39)29-21-19-26(20-22-29)37-34-23-24-42-25-35(34)36-32-17-9-7-15-30(32)31-16-8-10-18-33(31)38(36)43-37/h1-26H;3-22,24H,1-2H3;1-25H. The lowest BCUT2D eigenvalue weighted by atomic mass is 9.81. The first-order valence-corrected chi connectivity index (χ1v) is 45.9. The van der Waals surface area contributed by atoms with Crippen LogP contribution in [0.2, 0.25) is 0 Å². The van der Waals surface area contributed by atoms with Crippen molar-refractivity contribution in [1.82, 2.24) is 54.8 Å². The maximum atomic E-state index is 9.53. The quantitative estimate of drug-likeness (QED) is 0.119. The topological polar surface area (TPSA) is 166 Å². The maximum Gasteiger partial charge on any atom is 0.164 e. The van der Waals surface area contributed by atoms with Crippen molar-refractivity contribution in [3.05, 3.63) is 455 Å². The molecular weight excluding hydrogens is 1670 g/mol. The molecule has 27 rings (SSSR count). The van der Waals surface area contributed by atoms with Crippen molar-refractivity contribution in [2.45, 2.75) is 19.3 Å². The molecule has 137 heavy (non-hydrogen) atoms. The number of benzene rings is 17. The van der Waals surface area contributed by atoms with E-state index >= 15 is 0 Å². The normalized spacial score (nSPS) is 12.1. The van der Waals surface area contributed by atoms with Crippen LogP contribution in [-0.2, 0) is 5.41 Å². The van der Waals surface area contributed by atoms with Crippen LogP contribution in [0.4, 0.5) is 0 Å². The predicted molar refractivity (Wildman–Crippen MR) is 562 cm³/mol. The minimum absolute atomic E-state index is 0.196. The Balaban J connectivity index is 0.000000109. The maximum absolute atomic E-state index is 9.53. The fourth-order valence-corrected chi connectivity index (χ4v) is 20.7. The van der Waals surface area contributed by atoms with E-state index in [1.165, 1.54) is 76.3 Å². The molecule has 0 N–H and O–H groups in total. The van der Waals surface area contributed by atoms with Gasteiger partial charge < -0.3 is 0 Å². The molecule has 26 aromatic rings. The van der Waals surface area contributed by atoms with E-state index in [9.17, 15) is 5.26 Å². The third kappa shape index (κ3) is 14.0. The Labute approximate surface area is 788 Å². The van der Waals surface area contributed by atoms with E-state index < -0.39 is 0 Å². The number of aromatic nitrogens is 11. The summed E-state index contributed by atoms with van der Waals surface area (Å²) in [6, 6.07) is 134. The van der Waals surface area contributed by atoms with E-state index in [4.69, 9.17) is 29.9 Å². The second kappa shape index (κ2) is 33.4. The van der Waals surface area contributed by atoms with E-state index in [1.807, 2.05) is 135 Å². The molecule has 0 aliphatic heterocycles. The highest BCUT2D eigenvalue weighted by Crippen LogP contribution is 2.52. The molecule has 1 aliphatic carbocycles. The van der Waals surface area contributed by atoms with Crippen molar-refractivity contribution in [2.75, 3.05) is 0 Å². The van der Waals surface area contributed by atoms with Crippen LogP contribution >= 0.6 is 0 Å². The highest BCUT2D eigenvalue weighted by atomic mass is 15.0. The average Bonchev–Trinajstić information content (AvgIpc) is 1.29. The zero-order chi connectivity index (χ0) is 91.2. The van der Waals surface area contributed by atoms with Crippen LogP contribution in [0, 0.1) is 11.3 Å². The van der Waals surface area contributed by atoms with E-state index in [0.29, 0.717) is 23.0 Å². The van der Waals surface area contributed by atoms with Crippen molar-refractivity contribution in [1.29, 1.82) is 5.26 Å². The van der Waals surface area contributed by atoms with Crippen molar-refractivity contribution < 1.29 is 0 Å². The second-order valence-corrected chi connectivity index (χ2v) is 35.4. The number of rotatable bonds is 10. The monoisotopic (exact) mass is 1750 g/mol. The Morgan fingerprint density at radius 2 is 0.496 bits per heavy atom. The van der Waals surface area contributed by atoms with Gasteiger partial charge in [0.05, 0.1) is 45.3 Å². The van der Waals surface area contributed by atoms with Gasteiger partial charge in [-0.3, -0.25) is 24.9 Å². The first kappa shape index (κ1) is 80.6. The molecule has 0 fully saturated rings. The molecular formula is C125H78N12. The Hall–Kier alpha value is -18.4. The number of hydrogen-bond acceptors (Lipinski definition) is 12. The van der Waals surface area contributed by atoms with Crippen LogP contribution < -0.4 is 0 Å². The van der Waals surface area contributed by atoms with Crippen LogP contribution in [0.5, 0.6) is 0 Å². The summed E-state index contributed by atoms with van der Waals surface area (Å²) >= 11 is 0. The fraction of sp³-hybridized carbons (Fsp3) is 0.0240. The van der Waals surface area contributed by atoms with E-state index in [1.54, 1.807) is 12.4 Å². The van der Waals surface area contributed by atoms with Crippen molar-refractivity contribution in [3.63, 3.8) is 0 Å². The fourth-order valence-electron chi connectivity index (χ4n) is 20.7. The Bertz CT molecular complexity index is 8960. The summed E-state index contributed by atoms with van der Waals surface area (Å²) < 4.78 is 0. The van der Waals surface area contributed by atoms with Crippen molar-refractivity contribution in [2.24, 2.45) is 0 Å². The summed E-state index contributed by atoms with van der Waals surface area (Å²) in [6.45, 7) is 4.51. The van der Waals surface area contributed by atoms with E-state index in [0.717, 1.165) is 171 Å². The third-order valence-electron chi connectivity index (χ3n) is 27.2. The highest BCUT2D eigenvalue weighted by molar-refractivity contribution is 6.34. The first-order valence-electron chi connectivity index (χ1n) is 45.9. The van der Waals surface area contributed by atoms with Gasteiger partial charge in [-0.05, 0) is 177 Å². The lowest BCUT2D eigenvalue weighted by molar-refractivity contribution is 0.660. The largest absolute Gasteiger partial charge is 0.264 e. The number of hydrogen-bond donors (Lipinski definition) is 0. The molecule has 1 aliphatic rings. The Morgan fingerprint density at radius 3 is 0.905 bits per heavy atom. The van der Waals surface area contributed by atoms with Gasteiger partial charge in [0.15, 0.2) is 17.5 Å². The van der Waals surface area contributed by atoms with E-state index in [2.05, 4.69) is 336 Å². The van der Waals surface area contributed by atoms with Gasteiger partial charge >= 0.3 is 0 Å². The van der Waals surface area contributed by atoms with Crippen molar-refractivity contribution >= 4 is 130 Å². The summed E-state index contributed by atoms with van der Waals surface area (Å²) in [5.41, 5.74) is 26.2. The van der Waals surface area contributed by atoms with E-state index in [-0.39, 0.29) is 5.41 Å². The second-order valence-electron chi connectivity index (χ2n) is 35.4. The van der Waals surface area contributed by atoms with Crippen LogP contribution in [-0.4, -0.2) is 54.8 Å². The summed E-state index contributed by atoms with van der Waals surface area (Å²) in [7, 11) is 0. The number of nitriles is 1. The first-order chi connectivity index (χ1) is 67.7. The molecule has 0 spiro atoms. The summed E-state index contributed by atoms with van der Waals surface area (Å²) in [5, 5.41) is 33.8. The molecule has 12 nitrogen and oxygen atoms in total. The number of fused-ring (bicyclic) bond motifs is 27. The minimum atomic E-state index is -0.196. The molecule has 0 unspecified atom stereocenters. The number of pyridine rings is 8. The van der Waals surface area contributed by atoms with Crippen LogP contribution in [0.25, 0.3) is 253 Å². The van der Waals surface area contributed by atoms with Crippen LogP contribution in [0.1, 0.15) is 30.5 Å². The molecule has 0 saturated heterocycles. The van der Waals surface area contributed by atoms with Gasteiger partial charge in [0.25, 0.3) is 0 Å². The zero-order valence-electron chi connectivity index (χ0n) is 74.4. The lowest BCUT2D eigenvalue weighted by Gasteiger charge is -2.22. The van der Waals surface area contributed by atoms with Gasteiger partial charge in [0, 0.05) is 177 Å². The SMILES string of the molecule is CC1(C)c2cc(C#N)ccc2-c2ccc(-c3cccc(-c4nc5c6ccccc6c6ccccc6c5c5cnccc45)c3)cc21.c1ccc(-c2nc(-c3ccccc3)nc(-c3ccc(-c4nc5c6ccccc6c6ccccc6c5c5cnccc45)cc3)n2)cc1.c1cncc(-c2cc(-c3ccc(-c4nc5c6ccccc6c6ccccc6c5c5cnccc45)cc3)cc(-c3cccnc3)c2)c1. The van der Waals surface area contributed by atoms with Gasteiger partial charge in [-0.2, -0.15) is 5.26 Å². The van der Waals surface area contributed by atoms with Gasteiger partial charge in [-0.25, -0.2) is 29.9 Å².